The Labute approximate surface area is 99.2 Å². The van der Waals surface area contributed by atoms with E-state index in [0.29, 0.717) is 0 Å². The molecule has 2 nitrogen and oxygen atoms in total. The Morgan fingerprint density at radius 1 is 1.25 bits per heavy atom. The fourth-order valence-electron chi connectivity index (χ4n) is 1.33. The summed E-state index contributed by atoms with van der Waals surface area (Å²) in [6, 6.07) is 12.0. The molecule has 0 aliphatic heterocycles. The third-order valence-corrected chi connectivity index (χ3v) is 3.04. The number of thiophene rings is 1. The Kier molecular flexibility index (Phi) is 3.72. The van der Waals surface area contributed by atoms with E-state index < -0.39 is 0 Å². The molecule has 2 rings (SSSR count). The van der Waals surface area contributed by atoms with Crippen LogP contribution < -0.4 is 4.74 Å². The Hall–Kier alpha value is -1.61. The summed E-state index contributed by atoms with van der Waals surface area (Å²) in [6.07, 6.45) is 1.89. The normalized spacial score (nSPS) is 10.8. The maximum Gasteiger partial charge on any atom is 0.118 e. The number of hydrogen-bond acceptors (Lipinski definition) is 3. The van der Waals surface area contributed by atoms with Crippen LogP contribution in [0.1, 0.15) is 10.4 Å². The van der Waals surface area contributed by atoms with Gasteiger partial charge in [-0.3, -0.25) is 4.99 Å². The molecule has 0 spiro atoms. The molecular formula is C13H13NOS. The molecule has 0 N–H and O–H groups in total. The van der Waals surface area contributed by atoms with E-state index in [2.05, 4.69) is 16.4 Å². The highest BCUT2D eigenvalue weighted by Crippen LogP contribution is 2.11. The molecule has 2 aromatic rings. The lowest BCUT2D eigenvalue weighted by atomic mass is 10.2. The minimum atomic E-state index is 0.754. The lowest BCUT2D eigenvalue weighted by molar-refractivity contribution is 0.415. The topological polar surface area (TPSA) is 21.6 Å². The minimum absolute atomic E-state index is 0.754. The first kappa shape index (κ1) is 10.9. The van der Waals surface area contributed by atoms with E-state index in [1.165, 1.54) is 4.88 Å². The van der Waals surface area contributed by atoms with Crippen molar-refractivity contribution in [2.45, 2.75) is 6.54 Å². The summed E-state index contributed by atoms with van der Waals surface area (Å²) in [6.45, 7) is 0.754. The maximum absolute atomic E-state index is 5.09. The van der Waals surface area contributed by atoms with Crippen molar-refractivity contribution < 1.29 is 4.74 Å². The summed E-state index contributed by atoms with van der Waals surface area (Å²) in [7, 11) is 1.67. The molecule has 0 fully saturated rings. The summed E-state index contributed by atoms with van der Waals surface area (Å²) >= 11 is 1.73. The average Bonchev–Trinajstić information content (AvgIpc) is 2.83. The standard InChI is InChI=1S/C13H13NOS/c1-15-12-6-4-11(5-7-12)9-14-10-13-3-2-8-16-13/h2-9H,10H2,1H3. The molecule has 0 saturated carbocycles. The van der Waals surface area contributed by atoms with Gasteiger partial charge in [-0.25, -0.2) is 0 Å². The average molecular weight is 231 g/mol. The second-order valence-electron chi connectivity index (χ2n) is 3.32. The van der Waals surface area contributed by atoms with Gasteiger partial charge in [-0.15, -0.1) is 11.3 Å². The smallest absolute Gasteiger partial charge is 0.118 e. The molecule has 0 unspecified atom stereocenters. The van der Waals surface area contributed by atoms with Gasteiger partial charge in [0.1, 0.15) is 5.75 Å². The molecule has 0 aliphatic rings. The van der Waals surface area contributed by atoms with E-state index in [-0.39, 0.29) is 0 Å². The summed E-state index contributed by atoms with van der Waals surface area (Å²) in [5.74, 6) is 0.871. The van der Waals surface area contributed by atoms with E-state index in [1.54, 1.807) is 18.4 Å². The predicted molar refractivity (Wildman–Crippen MR) is 68.6 cm³/mol. The highest BCUT2D eigenvalue weighted by Gasteiger charge is 1.92. The van der Waals surface area contributed by atoms with E-state index >= 15 is 0 Å². The molecule has 0 radical (unpaired) electrons. The quantitative estimate of drug-likeness (QED) is 0.739. The number of aliphatic imine (C=N–C) groups is 1. The van der Waals surface area contributed by atoms with Crippen molar-refractivity contribution in [1.82, 2.24) is 0 Å². The van der Waals surface area contributed by atoms with Crippen LogP contribution in [0.15, 0.2) is 46.8 Å². The molecule has 0 saturated heterocycles. The fourth-order valence-corrected chi connectivity index (χ4v) is 1.97. The Morgan fingerprint density at radius 3 is 2.69 bits per heavy atom. The van der Waals surface area contributed by atoms with Crippen LogP contribution in [0.4, 0.5) is 0 Å². The molecule has 16 heavy (non-hydrogen) atoms. The molecule has 82 valence electrons. The molecule has 1 heterocycles. The zero-order valence-electron chi connectivity index (χ0n) is 9.09. The lowest BCUT2D eigenvalue weighted by Gasteiger charge is -1.98. The zero-order valence-corrected chi connectivity index (χ0v) is 9.91. The van der Waals surface area contributed by atoms with Crippen LogP contribution in [0.5, 0.6) is 5.75 Å². The van der Waals surface area contributed by atoms with Crippen molar-refractivity contribution in [2.24, 2.45) is 4.99 Å². The van der Waals surface area contributed by atoms with E-state index in [0.717, 1.165) is 17.9 Å². The number of rotatable bonds is 4. The van der Waals surface area contributed by atoms with Crippen LogP contribution in [0, 0.1) is 0 Å². The second-order valence-corrected chi connectivity index (χ2v) is 4.35. The molecular weight excluding hydrogens is 218 g/mol. The van der Waals surface area contributed by atoms with Gasteiger partial charge < -0.3 is 4.74 Å². The summed E-state index contributed by atoms with van der Waals surface area (Å²) in [5, 5.41) is 2.07. The number of hydrogen-bond donors (Lipinski definition) is 0. The zero-order chi connectivity index (χ0) is 11.2. The first-order chi connectivity index (χ1) is 7.88. The highest BCUT2D eigenvalue weighted by molar-refractivity contribution is 7.09. The molecule has 0 aliphatic carbocycles. The number of ether oxygens (including phenoxy) is 1. The molecule has 0 bridgehead atoms. The van der Waals surface area contributed by atoms with E-state index in [1.807, 2.05) is 36.5 Å². The summed E-state index contributed by atoms with van der Waals surface area (Å²) in [4.78, 5) is 5.67. The molecule has 3 heteroatoms. The van der Waals surface area contributed by atoms with Crippen molar-refractivity contribution in [3.05, 3.63) is 52.2 Å². The first-order valence-electron chi connectivity index (χ1n) is 5.05. The largest absolute Gasteiger partial charge is 0.497 e. The fraction of sp³-hybridized carbons (Fsp3) is 0.154. The highest BCUT2D eigenvalue weighted by atomic mass is 32.1. The third kappa shape index (κ3) is 2.94. The summed E-state index contributed by atoms with van der Waals surface area (Å²) < 4.78 is 5.09. The first-order valence-corrected chi connectivity index (χ1v) is 5.93. The third-order valence-electron chi connectivity index (χ3n) is 2.18. The van der Waals surface area contributed by atoms with Crippen molar-refractivity contribution in [3.8, 4) is 5.75 Å². The molecule has 0 amide bonds. The van der Waals surface area contributed by atoms with Crippen LogP contribution in [0.2, 0.25) is 0 Å². The van der Waals surface area contributed by atoms with Gasteiger partial charge in [-0.05, 0) is 41.3 Å². The molecule has 0 atom stereocenters. The minimum Gasteiger partial charge on any atom is -0.497 e. The second kappa shape index (κ2) is 5.47. The van der Waals surface area contributed by atoms with Crippen LogP contribution >= 0.6 is 11.3 Å². The van der Waals surface area contributed by atoms with Gasteiger partial charge in [0.05, 0.1) is 13.7 Å². The Bertz CT molecular complexity index is 445. The van der Waals surface area contributed by atoms with Crippen molar-refractivity contribution in [2.75, 3.05) is 7.11 Å². The van der Waals surface area contributed by atoms with Crippen molar-refractivity contribution in [3.63, 3.8) is 0 Å². The van der Waals surface area contributed by atoms with Gasteiger partial charge >= 0.3 is 0 Å². The van der Waals surface area contributed by atoms with Gasteiger partial charge in [-0.2, -0.15) is 0 Å². The number of methoxy groups -OCH3 is 1. The van der Waals surface area contributed by atoms with Crippen LogP contribution in [-0.2, 0) is 6.54 Å². The monoisotopic (exact) mass is 231 g/mol. The van der Waals surface area contributed by atoms with Gasteiger partial charge in [0.15, 0.2) is 0 Å². The van der Waals surface area contributed by atoms with Crippen molar-refractivity contribution >= 4 is 17.6 Å². The molecule has 1 aromatic carbocycles. The maximum atomic E-state index is 5.09. The Balaban J connectivity index is 1.95. The lowest BCUT2D eigenvalue weighted by Crippen LogP contribution is -1.85. The predicted octanol–water partition coefficient (Wildman–Crippen LogP) is 3.38. The summed E-state index contributed by atoms with van der Waals surface area (Å²) in [5.41, 5.74) is 1.09. The van der Waals surface area contributed by atoms with Gasteiger partial charge in [0.25, 0.3) is 0 Å². The van der Waals surface area contributed by atoms with E-state index in [9.17, 15) is 0 Å². The van der Waals surface area contributed by atoms with Gasteiger partial charge in [0.2, 0.25) is 0 Å². The SMILES string of the molecule is COc1ccc(C=NCc2cccs2)cc1. The number of nitrogens with zero attached hydrogens (tertiary/aromatic N) is 1. The van der Waals surface area contributed by atoms with Gasteiger partial charge in [0, 0.05) is 11.1 Å². The Morgan fingerprint density at radius 2 is 2.06 bits per heavy atom. The van der Waals surface area contributed by atoms with Gasteiger partial charge in [-0.1, -0.05) is 6.07 Å². The van der Waals surface area contributed by atoms with Crippen LogP contribution in [-0.4, -0.2) is 13.3 Å². The van der Waals surface area contributed by atoms with Crippen LogP contribution in [0.25, 0.3) is 0 Å². The van der Waals surface area contributed by atoms with Crippen LogP contribution in [0.3, 0.4) is 0 Å². The van der Waals surface area contributed by atoms with Crippen molar-refractivity contribution in [1.29, 1.82) is 0 Å². The molecule has 1 aromatic heterocycles. The number of benzene rings is 1. The van der Waals surface area contributed by atoms with E-state index in [4.69, 9.17) is 4.74 Å².